The molecule has 1 aliphatic carbocycles. The van der Waals surface area contributed by atoms with Crippen LogP contribution in [0.25, 0.3) is 0 Å². The molecule has 2 heterocycles. The maximum absolute atomic E-state index is 12.8. The quantitative estimate of drug-likeness (QED) is 0.894. The lowest BCUT2D eigenvalue weighted by Gasteiger charge is -2.32. The number of hydrogen-bond donors (Lipinski definition) is 1. The number of piperidine rings is 1. The molecule has 1 aliphatic heterocycles. The summed E-state index contributed by atoms with van der Waals surface area (Å²) >= 11 is 5.95. The third-order valence-corrected chi connectivity index (χ3v) is 5.68. The van der Waals surface area contributed by atoms with E-state index < -0.39 is 5.41 Å². The molecule has 26 heavy (non-hydrogen) atoms. The molecule has 0 unspecified atom stereocenters. The summed E-state index contributed by atoms with van der Waals surface area (Å²) in [5.74, 6) is 0.377. The number of likely N-dealkylation sites (tertiary alicyclic amines) is 1. The van der Waals surface area contributed by atoms with Crippen molar-refractivity contribution in [3.05, 3.63) is 59.0 Å². The number of hydrogen-bond acceptors (Lipinski definition) is 3. The zero-order chi connectivity index (χ0) is 18.1. The van der Waals surface area contributed by atoms with Crippen molar-refractivity contribution in [1.82, 2.24) is 10.2 Å². The molecule has 0 spiro atoms. The van der Waals surface area contributed by atoms with Crippen LogP contribution in [0.1, 0.15) is 41.8 Å². The van der Waals surface area contributed by atoms with Gasteiger partial charge in [-0.05, 0) is 55.5 Å². The SMILES string of the molecule is O=C(c1ccco1)N1CCC(NC(=O)C2(c3ccc(Cl)cc3)CC2)CC1. The topological polar surface area (TPSA) is 62.6 Å². The lowest BCUT2D eigenvalue weighted by atomic mass is 9.94. The predicted molar refractivity (Wildman–Crippen MR) is 98.1 cm³/mol. The lowest BCUT2D eigenvalue weighted by Crippen LogP contribution is -2.48. The van der Waals surface area contributed by atoms with E-state index in [-0.39, 0.29) is 17.9 Å². The molecular weight excluding hydrogens is 352 g/mol. The standard InChI is InChI=1S/C20H21ClN2O3/c21-15-5-3-14(4-6-15)20(9-10-20)19(25)22-16-7-11-23(12-8-16)18(24)17-2-1-13-26-17/h1-6,13,16H,7-12H2,(H,22,25). The first-order chi connectivity index (χ1) is 12.6. The molecule has 5 nitrogen and oxygen atoms in total. The molecular formula is C20H21ClN2O3. The minimum absolute atomic E-state index is 0.0837. The van der Waals surface area contributed by atoms with Crippen LogP contribution in [-0.4, -0.2) is 35.8 Å². The smallest absolute Gasteiger partial charge is 0.289 e. The molecule has 1 saturated carbocycles. The van der Waals surface area contributed by atoms with Gasteiger partial charge < -0.3 is 14.6 Å². The Morgan fingerprint density at radius 3 is 2.38 bits per heavy atom. The van der Waals surface area contributed by atoms with Gasteiger partial charge in [0.1, 0.15) is 0 Å². The second kappa shape index (κ2) is 6.80. The van der Waals surface area contributed by atoms with Gasteiger partial charge in [0.25, 0.3) is 5.91 Å². The zero-order valence-electron chi connectivity index (χ0n) is 14.4. The highest BCUT2D eigenvalue weighted by molar-refractivity contribution is 6.30. The first-order valence-corrected chi connectivity index (χ1v) is 9.36. The molecule has 0 radical (unpaired) electrons. The van der Waals surface area contributed by atoms with E-state index >= 15 is 0 Å². The summed E-state index contributed by atoms with van der Waals surface area (Å²) in [7, 11) is 0. The molecule has 2 aromatic rings. The lowest BCUT2D eigenvalue weighted by molar-refractivity contribution is -0.124. The summed E-state index contributed by atoms with van der Waals surface area (Å²) in [4.78, 5) is 26.9. The number of halogens is 1. The van der Waals surface area contributed by atoms with Crippen LogP contribution in [0.2, 0.25) is 5.02 Å². The average molecular weight is 373 g/mol. The van der Waals surface area contributed by atoms with Gasteiger partial charge in [-0.15, -0.1) is 0 Å². The summed E-state index contributed by atoms with van der Waals surface area (Å²) in [6, 6.07) is 11.1. The summed E-state index contributed by atoms with van der Waals surface area (Å²) in [5, 5.41) is 3.87. The van der Waals surface area contributed by atoms with Gasteiger partial charge in [0.15, 0.2) is 5.76 Å². The first kappa shape index (κ1) is 17.2. The van der Waals surface area contributed by atoms with Crippen LogP contribution in [0.15, 0.2) is 47.1 Å². The van der Waals surface area contributed by atoms with E-state index in [9.17, 15) is 9.59 Å². The Kier molecular flexibility index (Phi) is 4.49. The predicted octanol–water partition coefficient (Wildman–Crippen LogP) is 3.39. The maximum atomic E-state index is 12.8. The molecule has 0 bridgehead atoms. The molecule has 4 rings (SSSR count). The monoisotopic (exact) mass is 372 g/mol. The minimum Gasteiger partial charge on any atom is -0.459 e. The largest absolute Gasteiger partial charge is 0.459 e. The van der Waals surface area contributed by atoms with Gasteiger partial charge in [0.05, 0.1) is 11.7 Å². The van der Waals surface area contributed by atoms with Crippen LogP contribution in [-0.2, 0) is 10.2 Å². The number of rotatable bonds is 4. The third-order valence-electron chi connectivity index (χ3n) is 5.43. The average Bonchev–Trinajstić information content (AvgIpc) is 3.29. The van der Waals surface area contributed by atoms with E-state index in [1.807, 2.05) is 24.3 Å². The van der Waals surface area contributed by atoms with Crippen molar-refractivity contribution < 1.29 is 14.0 Å². The molecule has 2 aliphatic rings. The maximum Gasteiger partial charge on any atom is 0.289 e. The molecule has 0 atom stereocenters. The van der Waals surface area contributed by atoms with Crippen LogP contribution in [0, 0.1) is 0 Å². The van der Waals surface area contributed by atoms with Gasteiger partial charge in [-0.3, -0.25) is 9.59 Å². The number of amides is 2. The third kappa shape index (κ3) is 3.23. The van der Waals surface area contributed by atoms with E-state index in [4.69, 9.17) is 16.0 Å². The van der Waals surface area contributed by atoms with Crippen molar-refractivity contribution in [3.63, 3.8) is 0 Å². The summed E-state index contributed by atoms with van der Waals surface area (Å²) in [6.07, 6.45) is 4.77. The number of benzene rings is 1. The number of nitrogens with zero attached hydrogens (tertiary/aromatic N) is 1. The molecule has 1 aromatic carbocycles. The van der Waals surface area contributed by atoms with Crippen LogP contribution < -0.4 is 5.32 Å². The number of carbonyl (C=O) groups excluding carboxylic acids is 2. The van der Waals surface area contributed by atoms with E-state index in [1.165, 1.54) is 6.26 Å². The van der Waals surface area contributed by atoms with E-state index in [0.29, 0.717) is 23.9 Å². The van der Waals surface area contributed by atoms with Gasteiger partial charge in [-0.1, -0.05) is 23.7 Å². The fourth-order valence-electron chi connectivity index (χ4n) is 3.65. The van der Waals surface area contributed by atoms with Crippen LogP contribution in [0.3, 0.4) is 0 Å². The highest BCUT2D eigenvalue weighted by atomic mass is 35.5. The molecule has 136 valence electrons. The Balaban J connectivity index is 1.34. The van der Waals surface area contributed by atoms with Crippen molar-refractivity contribution in [2.75, 3.05) is 13.1 Å². The summed E-state index contributed by atoms with van der Waals surface area (Å²) < 4.78 is 5.18. The van der Waals surface area contributed by atoms with E-state index in [1.54, 1.807) is 17.0 Å². The van der Waals surface area contributed by atoms with Crippen molar-refractivity contribution >= 4 is 23.4 Å². The normalized spacial score (nSPS) is 19.2. The highest BCUT2D eigenvalue weighted by Gasteiger charge is 2.51. The Morgan fingerprint density at radius 1 is 1.12 bits per heavy atom. The van der Waals surface area contributed by atoms with Crippen molar-refractivity contribution in [3.8, 4) is 0 Å². The fraction of sp³-hybridized carbons (Fsp3) is 0.400. The summed E-state index contributed by atoms with van der Waals surface area (Å²) in [6.45, 7) is 1.25. The van der Waals surface area contributed by atoms with Gasteiger partial charge in [-0.2, -0.15) is 0 Å². The van der Waals surface area contributed by atoms with Gasteiger partial charge >= 0.3 is 0 Å². The van der Waals surface area contributed by atoms with E-state index in [0.717, 1.165) is 31.2 Å². The van der Waals surface area contributed by atoms with Crippen molar-refractivity contribution in [1.29, 1.82) is 0 Å². The number of carbonyl (C=O) groups is 2. The Hall–Kier alpha value is -2.27. The van der Waals surface area contributed by atoms with E-state index in [2.05, 4.69) is 5.32 Å². The second-order valence-corrected chi connectivity index (χ2v) is 7.54. The van der Waals surface area contributed by atoms with Gasteiger partial charge in [-0.25, -0.2) is 0 Å². The van der Waals surface area contributed by atoms with Crippen LogP contribution in [0.4, 0.5) is 0 Å². The van der Waals surface area contributed by atoms with Crippen molar-refractivity contribution in [2.45, 2.75) is 37.1 Å². The first-order valence-electron chi connectivity index (χ1n) is 8.98. The fourth-order valence-corrected chi connectivity index (χ4v) is 3.77. The van der Waals surface area contributed by atoms with Crippen molar-refractivity contribution in [2.24, 2.45) is 0 Å². The number of furan rings is 1. The highest BCUT2D eigenvalue weighted by Crippen LogP contribution is 2.48. The Bertz CT molecular complexity index is 789. The van der Waals surface area contributed by atoms with Gasteiger partial charge in [0.2, 0.25) is 5.91 Å². The van der Waals surface area contributed by atoms with Gasteiger partial charge in [0, 0.05) is 24.2 Å². The minimum atomic E-state index is -0.397. The molecule has 1 saturated heterocycles. The zero-order valence-corrected chi connectivity index (χ0v) is 15.2. The van der Waals surface area contributed by atoms with Crippen LogP contribution in [0.5, 0.6) is 0 Å². The number of nitrogens with one attached hydrogen (secondary N) is 1. The molecule has 6 heteroatoms. The molecule has 2 amide bonds. The molecule has 1 aromatic heterocycles. The Morgan fingerprint density at radius 2 is 1.81 bits per heavy atom. The molecule has 1 N–H and O–H groups in total. The molecule has 2 fully saturated rings. The second-order valence-electron chi connectivity index (χ2n) is 7.11. The van der Waals surface area contributed by atoms with Crippen LogP contribution >= 0.6 is 11.6 Å². The Labute approximate surface area is 157 Å². The summed E-state index contributed by atoms with van der Waals surface area (Å²) in [5.41, 5.74) is 0.635.